The number of benzene rings is 2. The molecule has 23 heavy (non-hydrogen) atoms. The molecule has 3 rings (SSSR count). The van der Waals surface area contributed by atoms with Gasteiger partial charge >= 0.3 is 5.97 Å². The maximum atomic E-state index is 11.9. The van der Waals surface area contributed by atoms with E-state index >= 15 is 0 Å². The number of hydrogen-bond donors (Lipinski definition) is 0. The maximum absolute atomic E-state index is 11.9. The number of cyclic esters (lactones) is 1. The van der Waals surface area contributed by atoms with Gasteiger partial charge < -0.3 is 4.74 Å². The molecule has 5 heteroatoms. The second-order valence-electron chi connectivity index (χ2n) is 4.78. The molecular formula is C18H11Cl2NO2. The molecule has 0 amide bonds. The van der Waals surface area contributed by atoms with Crippen molar-refractivity contribution in [2.75, 3.05) is 0 Å². The average Bonchev–Trinajstić information content (AvgIpc) is 2.89. The van der Waals surface area contributed by atoms with Crippen molar-refractivity contribution in [2.45, 2.75) is 0 Å². The Morgan fingerprint density at radius 2 is 1.70 bits per heavy atom. The van der Waals surface area contributed by atoms with Gasteiger partial charge in [-0.05, 0) is 41.5 Å². The van der Waals surface area contributed by atoms with Gasteiger partial charge in [0, 0.05) is 16.1 Å². The molecule has 1 heterocycles. The largest absolute Gasteiger partial charge is 0.403 e. The first kappa shape index (κ1) is 15.5. The van der Waals surface area contributed by atoms with E-state index in [1.54, 1.807) is 42.5 Å². The van der Waals surface area contributed by atoms with Gasteiger partial charge in [-0.2, -0.15) is 0 Å². The summed E-state index contributed by atoms with van der Waals surface area (Å²) >= 11 is 11.9. The molecule has 0 fully saturated rings. The molecular weight excluding hydrogens is 333 g/mol. The Morgan fingerprint density at radius 3 is 2.43 bits per heavy atom. The van der Waals surface area contributed by atoms with Crippen molar-refractivity contribution in [1.82, 2.24) is 0 Å². The molecule has 0 saturated carbocycles. The summed E-state index contributed by atoms with van der Waals surface area (Å²) in [6.07, 6.45) is 5.03. The van der Waals surface area contributed by atoms with Gasteiger partial charge in [-0.3, -0.25) is 0 Å². The van der Waals surface area contributed by atoms with E-state index in [0.29, 0.717) is 15.6 Å². The first-order valence-electron chi connectivity index (χ1n) is 6.82. The third-order valence-corrected chi connectivity index (χ3v) is 3.72. The minimum atomic E-state index is -0.499. The summed E-state index contributed by atoms with van der Waals surface area (Å²) in [5, 5.41) is 1.21. The molecule has 0 N–H and O–H groups in total. The first-order valence-corrected chi connectivity index (χ1v) is 7.58. The van der Waals surface area contributed by atoms with Crippen LogP contribution in [-0.2, 0) is 9.53 Å². The van der Waals surface area contributed by atoms with Crippen LogP contribution in [0.5, 0.6) is 0 Å². The van der Waals surface area contributed by atoms with E-state index in [4.69, 9.17) is 27.9 Å². The second-order valence-corrected chi connectivity index (χ2v) is 5.62. The third-order valence-electron chi connectivity index (χ3n) is 3.12. The number of aliphatic imine (C=N–C) groups is 1. The van der Waals surface area contributed by atoms with Crippen molar-refractivity contribution in [1.29, 1.82) is 0 Å². The summed E-state index contributed by atoms with van der Waals surface area (Å²) in [5.74, 6) is -0.260. The number of rotatable bonds is 3. The first-order chi connectivity index (χ1) is 11.1. The van der Waals surface area contributed by atoms with Gasteiger partial charge in [-0.25, -0.2) is 9.79 Å². The predicted molar refractivity (Wildman–Crippen MR) is 93.4 cm³/mol. The van der Waals surface area contributed by atoms with Crippen molar-refractivity contribution < 1.29 is 9.53 Å². The normalized spacial score (nSPS) is 16.0. The topological polar surface area (TPSA) is 38.7 Å². The zero-order valence-corrected chi connectivity index (χ0v) is 13.4. The van der Waals surface area contributed by atoms with E-state index in [1.807, 2.05) is 24.3 Å². The van der Waals surface area contributed by atoms with Crippen LogP contribution in [0.25, 0.3) is 12.2 Å². The highest BCUT2D eigenvalue weighted by atomic mass is 35.5. The molecule has 0 unspecified atom stereocenters. The lowest BCUT2D eigenvalue weighted by Crippen LogP contribution is -2.01. The van der Waals surface area contributed by atoms with Crippen LogP contribution >= 0.6 is 23.2 Å². The molecule has 114 valence electrons. The van der Waals surface area contributed by atoms with E-state index in [0.717, 1.165) is 5.56 Å². The van der Waals surface area contributed by atoms with Crippen LogP contribution in [0.15, 0.2) is 65.3 Å². The molecule has 0 aromatic heterocycles. The Balaban J connectivity index is 1.81. The summed E-state index contributed by atoms with van der Waals surface area (Å²) < 4.78 is 5.12. The highest BCUT2D eigenvalue weighted by Gasteiger charge is 2.21. The fraction of sp³-hybridized carbons (Fsp3) is 0. The Bertz CT molecular complexity index is 836. The molecule has 0 aliphatic carbocycles. The van der Waals surface area contributed by atoms with Gasteiger partial charge in [-0.15, -0.1) is 0 Å². The predicted octanol–water partition coefficient (Wildman–Crippen LogP) is 5.00. The monoisotopic (exact) mass is 343 g/mol. The van der Waals surface area contributed by atoms with Crippen molar-refractivity contribution in [2.24, 2.45) is 4.99 Å². The number of esters is 1. The Hall–Kier alpha value is -2.36. The fourth-order valence-electron chi connectivity index (χ4n) is 1.98. The van der Waals surface area contributed by atoms with Gasteiger partial charge in [0.2, 0.25) is 5.90 Å². The number of carbonyl (C=O) groups excluding carboxylic acids is 1. The minimum absolute atomic E-state index is 0.217. The van der Waals surface area contributed by atoms with Crippen molar-refractivity contribution in [3.63, 3.8) is 0 Å². The van der Waals surface area contributed by atoms with E-state index in [-0.39, 0.29) is 11.6 Å². The van der Waals surface area contributed by atoms with E-state index in [2.05, 4.69) is 4.99 Å². The van der Waals surface area contributed by atoms with Crippen LogP contribution in [0.2, 0.25) is 10.0 Å². The van der Waals surface area contributed by atoms with Crippen LogP contribution < -0.4 is 0 Å². The fourth-order valence-corrected chi connectivity index (χ4v) is 2.29. The summed E-state index contributed by atoms with van der Waals surface area (Å²) in [6, 6.07) is 14.5. The number of hydrogen-bond acceptors (Lipinski definition) is 3. The van der Waals surface area contributed by atoms with Gasteiger partial charge in [0.15, 0.2) is 5.70 Å². The molecule has 2 aromatic carbocycles. The smallest absolute Gasteiger partial charge is 0.363 e. The average molecular weight is 344 g/mol. The summed E-state index contributed by atoms with van der Waals surface area (Å²) in [7, 11) is 0. The van der Waals surface area contributed by atoms with E-state index in [9.17, 15) is 4.79 Å². The lowest BCUT2D eigenvalue weighted by atomic mass is 10.2. The van der Waals surface area contributed by atoms with E-state index in [1.165, 1.54) is 0 Å². The zero-order chi connectivity index (χ0) is 16.2. The van der Waals surface area contributed by atoms with Crippen LogP contribution in [0, 0.1) is 0 Å². The van der Waals surface area contributed by atoms with Crippen molar-refractivity contribution >= 4 is 47.2 Å². The maximum Gasteiger partial charge on any atom is 0.363 e. The minimum Gasteiger partial charge on any atom is -0.403 e. The van der Waals surface area contributed by atoms with E-state index < -0.39 is 5.97 Å². The van der Waals surface area contributed by atoms with Gasteiger partial charge in [0.25, 0.3) is 0 Å². The molecule has 0 saturated heterocycles. The number of nitrogens with zero attached hydrogens (tertiary/aromatic N) is 1. The number of halogens is 2. The lowest BCUT2D eigenvalue weighted by Gasteiger charge is -1.96. The second kappa shape index (κ2) is 6.82. The molecule has 1 aliphatic rings. The third kappa shape index (κ3) is 3.89. The highest BCUT2D eigenvalue weighted by molar-refractivity contribution is 6.32. The molecule has 3 nitrogen and oxygen atoms in total. The quantitative estimate of drug-likeness (QED) is 0.580. The van der Waals surface area contributed by atoms with Crippen molar-refractivity contribution in [3.05, 3.63) is 81.5 Å². The summed E-state index contributed by atoms with van der Waals surface area (Å²) in [5.41, 5.74) is 1.86. The molecule has 0 spiro atoms. The zero-order valence-electron chi connectivity index (χ0n) is 11.9. The summed E-state index contributed by atoms with van der Waals surface area (Å²) in [4.78, 5) is 16.0. The lowest BCUT2D eigenvalue weighted by molar-refractivity contribution is -0.129. The van der Waals surface area contributed by atoms with Crippen LogP contribution in [0.3, 0.4) is 0 Å². The van der Waals surface area contributed by atoms with Gasteiger partial charge in [-0.1, -0.05) is 53.5 Å². The highest BCUT2D eigenvalue weighted by Crippen LogP contribution is 2.22. The van der Waals surface area contributed by atoms with Crippen LogP contribution in [-0.4, -0.2) is 11.9 Å². The SMILES string of the molecule is O=C1OC(/C=C/c2ccc(Cl)cc2)=NC/1=C/c1ccccc1Cl. The standard InChI is InChI=1S/C18H11Cl2NO2/c19-14-8-5-12(6-9-14)7-10-17-21-16(18(22)23-17)11-13-3-1-2-4-15(13)20/h1-11H/b10-7+,16-11+. The molecule has 0 radical (unpaired) electrons. The molecule has 0 atom stereocenters. The van der Waals surface area contributed by atoms with Crippen molar-refractivity contribution in [3.8, 4) is 0 Å². The Labute approximate surface area is 143 Å². The molecule has 0 bridgehead atoms. The number of ether oxygens (including phenoxy) is 1. The van der Waals surface area contributed by atoms with Crippen LogP contribution in [0.4, 0.5) is 0 Å². The van der Waals surface area contributed by atoms with Gasteiger partial charge in [0.1, 0.15) is 0 Å². The summed E-state index contributed by atoms with van der Waals surface area (Å²) in [6.45, 7) is 0. The van der Waals surface area contributed by atoms with Crippen LogP contribution in [0.1, 0.15) is 11.1 Å². The van der Waals surface area contributed by atoms with Gasteiger partial charge in [0.05, 0.1) is 0 Å². The Kier molecular flexibility index (Phi) is 4.60. The molecule has 1 aliphatic heterocycles. The number of carbonyl (C=O) groups is 1. The molecule has 2 aromatic rings. The Morgan fingerprint density at radius 1 is 0.957 bits per heavy atom.